The SMILES string of the molecule is NNC(=O)c1ccc(C(=O)NNOCc2cccc3ccccc23)c2ccccc12. The van der Waals surface area contributed by atoms with Crippen LogP contribution in [0.4, 0.5) is 0 Å². The minimum atomic E-state index is -0.422. The molecule has 4 rings (SSSR count). The molecule has 0 bridgehead atoms. The van der Waals surface area contributed by atoms with Crippen molar-refractivity contribution >= 4 is 33.4 Å². The highest BCUT2D eigenvalue weighted by Gasteiger charge is 2.15. The van der Waals surface area contributed by atoms with Crippen molar-refractivity contribution in [2.75, 3.05) is 0 Å². The summed E-state index contributed by atoms with van der Waals surface area (Å²) in [6, 6.07) is 24.3. The number of nitrogens with two attached hydrogens (primary N) is 1. The number of nitrogen functional groups attached to an aromatic ring is 1. The van der Waals surface area contributed by atoms with E-state index < -0.39 is 5.91 Å². The van der Waals surface area contributed by atoms with Crippen LogP contribution in [0, 0.1) is 0 Å². The first-order valence-electron chi connectivity index (χ1n) is 9.35. The van der Waals surface area contributed by atoms with Crippen LogP contribution in [0.1, 0.15) is 26.3 Å². The summed E-state index contributed by atoms with van der Waals surface area (Å²) in [7, 11) is 0. The highest BCUT2D eigenvalue weighted by molar-refractivity contribution is 6.13. The molecular weight excluding hydrogens is 380 g/mol. The van der Waals surface area contributed by atoms with Crippen LogP contribution < -0.4 is 22.3 Å². The van der Waals surface area contributed by atoms with Crippen molar-refractivity contribution in [1.82, 2.24) is 16.4 Å². The largest absolute Gasteiger partial charge is 0.290 e. The van der Waals surface area contributed by atoms with Gasteiger partial charge in [0, 0.05) is 11.1 Å². The zero-order valence-electron chi connectivity index (χ0n) is 16.0. The van der Waals surface area contributed by atoms with Gasteiger partial charge in [-0.3, -0.25) is 25.3 Å². The average molecular weight is 400 g/mol. The maximum Gasteiger partial charge on any atom is 0.267 e. The molecule has 0 aliphatic heterocycles. The minimum Gasteiger partial charge on any atom is -0.290 e. The molecule has 0 aromatic heterocycles. The second-order valence-electron chi connectivity index (χ2n) is 6.66. The number of hydrogen-bond acceptors (Lipinski definition) is 5. The van der Waals surface area contributed by atoms with Gasteiger partial charge in [-0.2, -0.15) is 0 Å². The number of benzene rings is 4. The molecular formula is C23H20N4O3. The standard InChI is InChI=1S/C23H20N4O3/c24-25-22(28)20-12-13-21(19-11-4-3-10-18(19)20)23(29)26-27-30-14-16-8-5-7-15-6-1-2-9-17(15)16/h1-13,27H,14,24H2,(H,25,28)(H,26,29). The predicted octanol–water partition coefficient (Wildman–Crippen LogP) is 2.96. The first-order chi connectivity index (χ1) is 14.7. The van der Waals surface area contributed by atoms with E-state index in [1.807, 2.05) is 42.5 Å². The Morgan fingerprint density at radius 1 is 0.733 bits per heavy atom. The van der Waals surface area contributed by atoms with Crippen molar-refractivity contribution in [2.24, 2.45) is 5.84 Å². The van der Waals surface area contributed by atoms with Gasteiger partial charge in [-0.05, 0) is 39.2 Å². The molecule has 5 N–H and O–H groups in total. The van der Waals surface area contributed by atoms with E-state index in [2.05, 4.69) is 16.4 Å². The van der Waals surface area contributed by atoms with Crippen LogP contribution in [-0.4, -0.2) is 11.8 Å². The first-order valence-corrected chi connectivity index (χ1v) is 9.35. The van der Waals surface area contributed by atoms with E-state index in [0.717, 1.165) is 16.3 Å². The van der Waals surface area contributed by atoms with Crippen LogP contribution in [-0.2, 0) is 11.4 Å². The number of hydrazine groups is 2. The fraction of sp³-hybridized carbons (Fsp3) is 0.0435. The molecule has 2 amide bonds. The molecule has 0 unspecified atom stereocenters. The van der Waals surface area contributed by atoms with Crippen molar-refractivity contribution in [3.63, 3.8) is 0 Å². The third-order valence-corrected chi connectivity index (χ3v) is 4.89. The normalized spacial score (nSPS) is 10.8. The number of fused-ring (bicyclic) bond motifs is 2. The van der Waals surface area contributed by atoms with Crippen molar-refractivity contribution in [3.05, 3.63) is 95.6 Å². The Bertz CT molecular complexity index is 1230. The molecule has 0 spiro atoms. The van der Waals surface area contributed by atoms with Crippen LogP contribution >= 0.6 is 0 Å². The number of carbonyl (C=O) groups is 2. The Hall–Kier alpha value is -3.78. The average Bonchev–Trinajstić information content (AvgIpc) is 2.80. The zero-order chi connectivity index (χ0) is 20.9. The van der Waals surface area contributed by atoms with Gasteiger partial charge in [0.15, 0.2) is 0 Å². The summed E-state index contributed by atoms with van der Waals surface area (Å²) < 4.78 is 0. The zero-order valence-corrected chi connectivity index (χ0v) is 16.0. The molecule has 0 fully saturated rings. The van der Waals surface area contributed by atoms with Crippen LogP contribution in [0.25, 0.3) is 21.5 Å². The molecule has 4 aromatic rings. The van der Waals surface area contributed by atoms with Crippen LogP contribution in [0.3, 0.4) is 0 Å². The predicted molar refractivity (Wildman–Crippen MR) is 115 cm³/mol. The van der Waals surface area contributed by atoms with Gasteiger partial charge in [-0.15, -0.1) is 5.59 Å². The molecule has 30 heavy (non-hydrogen) atoms. The third-order valence-electron chi connectivity index (χ3n) is 4.89. The topological polar surface area (TPSA) is 105 Å². The molecule has 0 saturated heterocycles. The summed E-state index contributed by atoms with van der Waals surface area (Å²) in [6.45, 7) is 0.276. The molecule has 4 aromatic carbocycles. The minimum absolute atomic E-state index is 0.276. The molecule has 7 nitrogen and oxygen atoms in total. The van der Waals surface area contributed by atoms with E-state index in [9.17, 15) is 9.59 Å². The Morgan fingerprint density at radius 2 is 1.33 bits per heavy atom. The lowest BCUT2D eigenvalue weighted by atomic mass is 9.99. The summed E-state index contributed by atoms with van der Waals surface area (Å²) in [5, 5.41) is 3.47. The van der Waals surface area contributed by atoms with Crippen molar-refractivity contribution in [3.8, 4) is 0 Å². The van der Waals surface area contributed by atoms with Gasteiger partial charge in [0.2, 0.25) is 0 Å². The number of nitrogens with one attached hydrogen (secondary N) is 3. The summed E-state index contributed by atoms with van der Waals surface area (Å²) in [6.07, 6.45) is 0. The number of hydrogen-bond donors (Lipinski definition) is 4. The number of rotatable bonds is 6. The summed E-state index contributed by atoms with van der Waals surface area (Å²) in [4.78, 5) is 30.1. The van der Waals surface area contributed by atoms with E-state index in [1.165, 1.54) is 0 Å². The molecule has 0 aliphatic rings. The fourth-order valence-electron chi connectivity index (χ4n) is 3.45. The quantitative estimate of drug-likeness (QED) is 0.172. The number of amides is 2. The smallest absolute Gasteiger partial charge is 0.267 e. The third kappa shape index (κ3) is 3.85. The fourth-order valence-corrected chi connectivity index (χ4v) is 3.45. The molecule has 0 radical (unpaired) electrons. The van der Waals surface area contributed by atoms with E-state index in [0.29, 0.717) is 21.9 Å². The summed E-state index contributed by atoms with van der Waals surface area (Å²) in [5.74, 6) is 4.44. The highest BCUT2D eigenvalue weighted by Crippen LogP contribution is 2.23. The van der Waals surface area contributed by atoms with Crippen LogP contribution in [0.5, 0.6) is 0 Å². The monoisotopic (exact) mass is 400 g/mol. The van der Waals surface area contributed by atoms with E-state index in [1.54, 1.807) is 36.4 Å². The molecule has 0 atom stereocenters. The molecule has 7 heteroatoms. The van der Waals surface area contributed by atoms with E-state index in [4.69, 9.17) is 10.7 Å². The van der Waals surface area contributed by atoms with Crippen molar-refractivity contribution < 1.29 is 14.4 Å². The maximum atomic E-state index is 12.7. The van der Waals surface area contributed by atoms with Gasteiger partial charge in [-0.25, -0.2) is 5.84 Å². The Balaban J connectivity index is 1.46. The lowest BCUT2D eigenvalue weighted by Gasteiger charge is -2.12. The van der Waals surface area contributed by atoms with Gasteiger partial charge in [-0.1, -0.05) is 66.7 Å². The molecule has 0 aliphatic carbocycles. The molecule has 0 saturated carbocycles. The summed E-state index contributed by atoms with van der Waals surface area (Å²) >= 11 is 0. The summed E-state index contributed by atoms with van der Waals surface area (Å²) in [5.41, 5.74) is 8.96. The maximum absolute atomic E-state index is 12.7. The van der Waals surface area contributed by atoms with Gasteiger partial charge in [0.25, 0.3) is 11.8 Å². The Labute approximate surface area is 172 Å². The second-order valence-corrected chi connectivity index (χ2v) is 6.66. The Morgan fingerprint density at radius 3 is 2.03 bits per heavy atom. The lowest BCUT2D eigenvalue weighted by molar-refractivity contribution is 0.00120. The second kappa shape index (κ2) is 8.71. The Kier molecular flexibility index (Phi) is 5.67. The van der Waals surface area contributed by atoms with Crippen molar-refractivity contribution in [1.29, 1.82) is 0 Å². The van der Waals surface area contributed by atoms with E-state index >= 15 is 0 Å². The van der Waals surface area contributed by atoms with Gasteiger partial charge in [0.1, 0.15) is 0 Å². The van der Waals surface area contributed by atoms with Crippen LogP contribution in [0.2, 0.25) is 0 Å². The lowest BCUT2D eigenvalue weighted by Crippen LogP contribution is -2.37. The first kappa shape index (κ1) is 19.5. The molecule has 0 heterocycles. The van der Waals surface area contributed by atoms with Crippen molar-refractivity contribution in [2.45, 2.75) is 6.61 Å². The van der Waals surface area contributed by atoms with Gasteiger partial charge in [0.05, 0.1) is 6.61 Å². The van der Waals surface area contributed by atoms with Gasteiger partial charge >= 0.3 is 0 Å². The number of carbonyl (C=O) groups excluding carboxylic acids is 2. The van der Waals surface area contributed by atoms with E-state index in [-0.39, 0.29) is 12.5 Å². The van der Waals surface area contributed by atoms with Gasteiger partial charge < -0.3 is 0 Å². The molecule has 150 valence electrons. The van der Waals surface area contributed by atoms with Crippen LogP contribution in [0.15, 0.2) is 78.9 Å². The highest BCUT2D eigenvalue weighted by atomic mass is 16.7.